The number of imidazole rings is 1. The highest BCUT2D eigenvalue weighted by Gasteiger charge is 2.13. The first-order valence-corrected chi connectivity index (χ1v) is 7.53. The van der Waals surface area contributed by atoms with Crippen LogP contribution in [0.5, 0.6) is 0 Å². The molecule has 1 aromatic heterocycles. The van der Waals surface area contributed by atoms with Gasteiger partial charge in [0.05, 0.1) is 5.56 Å². The molecular weight excluding hydrogens is 344 g/mol. The van der Waals surface area contributed by atoms with E-state index in [0.717, 1.165) is 21.4 Å². The van der Waals surface area contributed by atoms with Gasteiger partial charge in [0.1, 0.15) is 5.82 Å². The van der Waals surface area contributed by atoms with Gasteiger partial charge in [-0.15, -0.1) is 0 Å². The zero-order valence-corrected chi connectivity index (χ0v) is 13.2. The lowest BCUT2D eigenvalue weighted by atomic mass is 10.1. The van der Waals surface area contributed by atoms with Crippen molar-refractivity contribution in [2.24, 2.45) is 0 Å². The van der Waals surface area contributed by atoms with E-state index in [9.17, 15) is 9.90 Å². The fourth-order valence-corrected chi connectivity index (χ4v) is 2.84. The number of carbonyl (C=O) groups is 1. The molecule has 0 amide bonds. The van der Waals surface area contributed by atoms with E-state index in [0.29, 0.717) is 12.1 Å². The minimum Gasteiger partial charge on any atom is -0.478 e. The molecule has 22 heavy (non-hydrogen) atoms. The molecule has 0 aliphatic heterocycles. The molecule has 0 unspecified atom stereocenters. The van der Waals surface area contributed by atoms with Gasteiger partial charge in [-0.3, -0.25) is 0 Å². The molecule has 0 atom stereocenters. The van der Waals surface area contributed by atoms with Gasteiger partial charge in [0.15, 0.2) is 0 Å². The molecule has 0 saturated carbocycles. The Labute approximate surface area is 136 Å². The Bertz CT molecular complexity index is 827. The van der Waals surface area contributed by atoms with E-state index in [1.165, 1.54) is 0 Å². The number of halogens is 1. The van der Waals surface area contributed by atoms with E-state index in [4.69, 9.17) is 0 Å². The first kappa shape index (κ1) is 14.5. The van der Waals surface area contributed by atoms with Crippen LogP contribution in [0.4, 0.5) is 0 Å². The molecule has 0 saturated heterocycles. The number of aromatic nitrogens is 2. The van der Waals surface area contributed by atoms with Crippen molar-refractivity contribution in [1.82, 2.24) is 9.55 Å². The maximum atomic E-state index is 11.3. The molecule has 0 spiro atoms. The van der Waals surface area contributed by atoms with Crippen molar-refractivity contribution in [3.63, 3.8) is 0 Å². The monoisotopic (exact) mass is 356 g/mol. The van der Waals surface area contributed by atoms with Crippen molar-refractivity contribution in [2.45, 2.75) is 6.54 Å². The summed E-state index contributed by atoms with van der Waals surface area (Å²) in [6.07, 6.45) is 3.57. The average Bonchev–Trinajstić information content (AvgIpc) is 2.96. The fourth-order valence-electron chi connectivity index (χ4n) is 2.37. The molecule has 110 valence electrons. The van der Waals surface area contributed by atoms with E-state index in [2.05, 4.69) is 20.9 Å². The molecule has 0 bridgehead atoms. The van der Waals surface area contributed by atoms with Crippen molar-refractivity contribution < 1.29 is 9.90 Å². The molecule has 1 N–H and O–H groups in total. The molecular formula is C17H13BrN2O2. The summed E-state index contributed by atoms with van der Waals surface area (Å²) in [7, 11) is 0. The predicted octanol–water partition coefficient (Wildman–Crippen LogP) is 4.06. The molecule has 0 aliphatic rings. The van der Waals surface area contributed by atoms with Gasteiger partial charge >= 0.3 is 5.97 Å². The van der Waals surface area contributed by atoms with Crippen LogP contribution >= 0.6 is 15.9 Å². The topological polar surface area (TPSA) is 55.1 Å². The van der Waals surface area contributed by atoms with Crippen LogP contribution in [0.3, 0.4) is 0 Å². The molecule has 4 nitrogen and oxygen atoms in total. The number of hydrogen-bond donors (Lipinski definition) is 1. The van der Waals surface area contributed by atoms with Crippen LogP contribution in [0.2, 0.25) is 0 Å². The molecule has 0 fully saturated rings. The summed E-state index contributed by atoms with van der Waals surface area (Å²) in [5.74, 6) is -0.120. The van der Waals surface area contributed by atoms with Crippen LogP contribution in [-0.2, 0) is 6.54 Å². The van der Waals surface area contributed by atoms with Gasteiger partial charge in [0.2, 0.25) is 0 Å². The Morgan fingerprint density at radius 1 is 1.14 bits per heavy atom. The molecule has 0 aliphatic carbocycles. The number of nitrogens with zero attached hydrogens (tertiary/aromatic N) is 2. The average molecular weight is 357 g/mol. The summed E-state index contributed by atoms with van der Waals surface area (Å²) in [6, 6.07) is 14.9. The van der Waals surface area contributed by atoms with Gasteiger partial charge in [-0.05, 0) is 17.7 Å². The van der Waals surface area contributed by atoms with E-state index < -0.39 is 5.97 Å². The highest BCUT2D eigenvalue weighted by molar-refractivity contribution is 9.10. The number of hydrogen-bond acceptors (Lipinski definition) is 2. The van der Waals surface area contributed by atoms with Gasteiger partial charge in [-0.25, -0.2) is 9.78 Å². The van der Waals surface area contributed by atoms with Gasteiger partial charge in [0.25, 0.3) is 0 Å². The highest BCUT2D eigenvalue weighted by Crippen LogP contribution is 2.27. The smallest absolute Gasteiger partial charge is 0.336 e. The standard InChI is InChI=1S/C17H13BrN2O2/c18-15-8-4-3-7-14(15)16-19-9-10-20(16)11-12-5-1-2-6-13(12)17(21)22/h1-10H,11H2,(H,21,22). The maximum Gasteiger partial charge on any atom is 0.336 e. The number of benzene rings is 2. The number of aromatic carboxylic acids is 1. The molecule has 3 rings (SSSR count). The Balaban J connectivity index is 2.01. The van der Waals surface area contributed by atoms with Crippen molar-refractivity contribution >= 4 is 21.9 Å². The minimum absolute atomic E-state index is 0.314. The lowest BCUT2D eigenvalue weighted by Gasteiger charge is -2.11. The second kappa shape index (κ2) is 6.15. The van der Waals surface area contributed by atoms with Crippen LogP contribution in [0.1, 0.15) is 15.9 Å². The minimum atomic E-state index is -0.918. The van der Waals surface area contributed by atoms with Gasteiger partial charge < -0.3 is 9.67 Å². The van der Waals surface area contributed by atoms with E-state index >= 15 is 0 Å². The highest BCUT2D eigenvalue weighted by atomic mass is 79.9. The summed E-state index contributed by atoms with van der Waals surface area (Å²) in [5.41, 5.74) is 2.04. The third-order valence-electron chi connectivity index (χ3n) is 3.42. The second-order valence-corrected chi connectivity index (χ2v) is 5.68. The van der Waals surface area contributed by atoms with Crippen LogP contribution in [0.15, 0.2) is 65.4 Å². The molecule has 2 aromatic carbocycles. The lowest BCUT2D eigenvalue weighted by molar-refractivity contribution is 0.0695. The Morgan fingerprint density at radius 3 is 2.64 bits per heavy atom. The quantitative estimate of drug-likeness (QED) is 0.766. The van der Waals surface area contributed by atoms with Crippen LogP contribution < -0.4 is 0 Å². The van der Waals surface area contributed by atoms with Crippen molar-refractivity contribution in [3.8, 4) is 11.4 Å². The second-order valence-electron chi connectivity index (χ2n) is 4.82. The maximum absolute atomic E-state index is 11.3. The molecule has 3 aromatic rings. The zero-order valence-electron chi connectivity index (χ0n) is 11.6. The lowest BCUT2D eigenvalue weighted by Crippen LogP contribution is -2.07. The molecule has 0 radical (unpaired) electrons. The largest absolute Gasteiger partial charge is 0.478 e. The van der Waals surface area contributed by atoms with E-state index in [1.807, 2.05) is 47.2 Å². The van der Waals surface area contributed by atoms with Crippen molar-refractivity contribution in [1.29, 1.82) is 0 Å². The predicted molar refractivity (Wildman–Crippen MR) is 87.9 cm³/mol. The summed E-state index contributed by atoms with van der Waals surface area (Å²) < 4.78 is 2.90. The van der Waals surface area contributed by atoms with Crippen LogP contribution in [0.25, 0.3) is 11.4 Å². The summed E-state index contributed by atoms with van der Waals surface area (Å²) in [5, 5.41) is 9.29. The van der Waals surface area contributed by atoms with E-state index in [1.54, 1.807) is 18.3 Å². The summed E-state index contributed by atoms with van der Waals surface area (Å²) in [4.78, 5) is 15.7. The Morgan fingerprint density at radius 2 is 1.86 bits per heavy atom. The van der Waals surface area contributed by atoms with Gasteiger partial charge in [-0.2, -0.15) is 0 Å². The Hall–Kier alpha value is -2.40. The molecule has 1 heterocycles. The van der Waals surface area contributed by atoms with Crippen LogP contribution in [0, 0.1) is 0 Å². The third kappa shape index (κ3) is 2.80. The Kier molecular flexibility index (Phi) is 4.06. The SMILES string of the molecule is O=C(O)c1ccccc1Cn1ccnc1-c1ccccc1Br. The summed E-state index contributed by atoms with van der Waals surface area (Å²) >= 11 is 3.53. The first-order chi connectivity index (χ1) is 10.7. The number of carboxylic acid groups (broad SMARTS) is 1. The number of rotatable bonds is 4. The van der Waals surface area contributed by atoms with Crippen molar-refractivity contribution in [2.75, 3.05) is 0 Å². The third-order valence-corrected chi connectivity index (χ3v) is 4.11. The van der Waals surface area contributed by atoms with E-state index in [-0.39, 0.29) is 0 Å². The zero-order chi connectivity index (χ0) is 15.5. The molecule has 5 heteroatoms. The van der Waals surface area contributed by atoms with Gasteiger partial charge in [0, 0.05) is 29.0 Å². The first-order valence-electron chi connectivity index (χ1n) is 6.74. The normalized spacial score (nSPS) is 10.6. The van der Waals surface area contributed by atoms with Gasteiger partial charge in [-0.1, -0.05) is 52.3 Å². The summed E-state index contributed by atoms with van der Waals surface area (Å²) in [6.45, 7) is 0.457. The fraction of sp³-hybridized carbons (Fsp3) is 0.0588. The van der Waals surface area contributed by atoms with Crippen molar-refractivity contribution in [3.05, 3.63) is 76.5 Å². The number of carboxylic acids is 1. The van der Waals surface area contributed by atoms with Crippen LogP contribution in [-0.4, -0.2) is 20.6 Å².